The van der Waals surface area contributed by atoms with Crippen LogP contribution in [0.4, 0.5) is 0 Å². The van der Waals surface area contributed by atoms with Crippen molar-refractivity contribution in [3.8, 4) is 5.75 Å². The van der Waals surface area contributed by atoms with Crippen LogP contribution in [0.15, 0.2) is 59.5 Å². The van der Waals surface area contributed by atoms with E-state index in [0.29, 0.717) is 6.61 Å². The van der Waals surface area contributed by atoms with Gasteiger partial charge in [0, 0.05) is 4.90 Å². The second-order valence-electron chi connectivity index (χ2n) is 4.23. The summed E-state index contributed by atoms with van der Waals surface area (Å²) in [7, 11) is 0. The average Bonchev–Trinajstić information content (AvgIpc) is 2.47. The number of carbonyl (C=O) groups is 1. The Morgan fingerprint density at radius 2 is 1.65 bits per heavy atom. The smallest absolute Gasteiger partial charge is 0.310 e. The first kappa shape index (κ1) is 14.5. The molecule has 2 aromatic carbocycles. The first-order chi connectivity index (χ1) is 9.74. The highest BCUT2D eigenvalue weighted by atomic mass is 32.1. The molecule has 0 unspecified atom stereocenters. The van der Waals surface area contributed by atoms with Crippen LogP contribution in [0.5, 0.6) is 5.75 Å². The molecule has 0 heterocycles. The van der Waals surface area contributed by atoms with Crippen molar-refractivity contribution in [2.75, 3.05) is 13.2 Å². The Balaban J connectivity index is 1.66. The van der Waals surface area contributed by atoms with Gasteiger partial charge in [-0.15, -0.1) is 12.6 Å². The minimum Gasteiger partial charge on any atom is -0.490 e. The first-order valence-electron chi connectivity index (χ1n) is 6.35. The molecular formula is C16H16O3S. The first-order valence-corrected chi connectivity index (χ1v) is 6.80. The molecule has 4 heteroatoms. The highest BCUT2D eigenvalue weighted by Gasteiger charge is 2.04. The Morgan fingerprint density at radius 1 is 0.950 bits per heavy atom. The largest absolute Gasteiger partial charge is 0.490 e. The fraction of sp³-hybridized carbons (Fsp3) is 0.188. The molecule has 0 aliphatic rings. The molecule has 0 N–H and O–H groups in total. The molecule has 104 valence electrons. The van der Waals surface area contributed by atoms with Crippen LogP contribution in [0, 0.1) is 0 Å². The van der Waals surface area contributed by atoms with Crippen molar-refractivity contribution in [1.29, 1.82) is 0 Å². The summed E-state index contributed by atoms with van der Waals surface area (Å²) in [5.74, 6) is 0.515. The third-order valence-electron chi connectivity index (χ3n) is 2.64. The molecule has 0 aromatic heterocycles. The molecule has 2 aromatic rings. The van der Waals surface area contributed by atoms with Crippen LogP contribution in [0.3, 0.4) is 0 Å². The zero-order valence-corrected chi connectivity index (χ0v) is 11.9. The minimum atomic E-state index is -0.256. The minimum absolute atomic E-state index is 0.248. The molecule has 0 bridgehead atoms. The molecule has 2 rings (SSSR count). The van der Waals surface area contributed by atoms with Crippen LogP contribution in [0.2, 0.25) is 0 Å². The second kappa shape index (κ2) is 7.60. The van der Waals surface area contributed by atoms with Crippen LogP contribution in [-0.4, -0.2) is 19.2 Å². The molecule has 3 nitrogen and oxygen atoms in total. The van der Waals surface area contributed by atoms with Crippen molar-refractivity contribution in [3.63, 3.8) is 0 Å². The van der Waals surface area contributed by atoms with E-state index >= 15 is 0 Å². The van der Waals surface area contributed by atoms with Crippen LogP contribution in [0.25, 0.3) is 0 Å². The normalized spacial score (nSPS) is 10.1. The molecular weight excluding hydrogens is 272 g/mol. The Labute approximate surface area is 123 Å². The van der Waals surface area contributed by atoms with Crippen LogP contribution < -0.4 is 4.74 Å². The van der Waals surface area contributed by atoms with Crippen molar-refractivity contribution >= 4 is 18.6 Å². The highest BCUT2D eigenvalue weighted by molar-refractivity contribution is 7.80. The third-order valence-corrected chi connectivity index (χ3v) is 2.94. The molecule has 0 fully saturated rings. The Bertz CT molecular complexity index is 537. The van der Waals surface area contributed by atoms with E-state index in [0.717, 1.165) is 16.2 Å². The van der Waals surface area contributed by atoms with Crippen LogP contribution in [-0.2, 0) is 16.0 Å². The summed E-state index contributed by atoms with van der Waals surface area (Å²) in [4.78, 5) is 12.5. The number of ether oxygens (including phenoxy) is 2. The molecule has 0 saturated carbocycles. The molecule has 0 radical (unpaired) electrons. The SMILES string of the molecule is O=C(Cc1ccc(S)cc1)OCCOc1ccccc1. The maximum absolute atomic E-state index is 11.6. The molecule has 0 amide bonds. The number of para-hydroxylation sites is 1. The number of hydrogen-bond donors (Lipinski definition) is 1. The monoisotopic (exact) mass is 288 g/mol. The van der Waals surface area contributed by atoms with Crippen molar-refractivity contribution in [3.05, 3.63) is 60.2 Å². The standard InChI is InChI=1S/C16H16O3S/c17-16(12-13-6-8-15(20)9-7-13)19-11-10-18-14-4-2-1-3-5-14/h1-9,20H,10-12H2. The van der Waals surface area contributed by atoms with Gasteiger partial charge in [-0.05, 0) is 29.8 Å². The number of rotatable bonds is 6. The van der Waals surface area contributed by atoms with Crippen LogP contribution in [0.1, 0.15) is 5.56 Å². The molecule has 0 aliphatic heterocycles. The lowest BCUT2D eigenvalue weighted by atomic mass is 10.1. The van der Waals surface area contributed by atoms with Gasteiger partial charge in [-0.2, -0.15) is 0 Å². The van der Waals surface area contributed by atoms with Gasteiger partial charge >= 0.3 is 5.97 Å². The maximum Gasteiger partial charge on any atom is 0.310 e. The lowest BCUT2D eigenvalue weighted by Gasteiger charge is -2.07. The van der Waals surface area contributed by atoms with Gasteiger partial charge in [-0.25, -0.2) is 0 Å². The highest BCUT2D eigenvalue weighted by Crippen LogP contribution is 2.09. The van der Waals surface area contributed by atoms with E-state index in [9.17, 15) is 4.79 Å². The lowest BCUT2D eigenvalue weighted by molar-refractivity contribution is -0.143. The van der Waals surface area contributed by atoms with Crippen molar-refractivity contribution in [1.82, 2.24) is 0 Å². The maximum atomic E-state index is 11.6. The summed E-state index contributed by atoms with van der Waals surface area (Å²) in [5.41, 5.74) is 0.914. The number of esters is 1. The summed E-state index contributed by atoms with van der Waals surface area (Å²) in [6.45, 7) is 0.601. The van der Waals surface area contributed by atoms with Gasteiger partial charge in [0.1, 0.15) is 19.0 Å². The second-order valence-corrected chi connectivity index (χ2v) is 4.74. The molecule has 0 spiro atoms. The van der Waals surface area contributed by atoms with E-state index < -0.39 is 0 Å². The number of thiol groups is 1. The quantitative estimate of drug-likeness (QED) is 0.504. The molecule has 0 aliphatic carbocycles. The summed E-state index contributed by atoms with van der Waals surface area (Å²) >= 11 is 4.19. The topological polar surface area (TPSA) is 35.5 Å². The van der Waals surface area contributed by atoms with Crippen molar-refractivity contribution in [2.45, 2.75) is 11.3 Å². The summed E-state index contributed by atoms with van der Waals surface area (Å²) in [5, 5.41) is 0. The van der Waals surface area contributed by atoms with Gasteiger partial charge in [-0.3, -0.25) is 4.79 Å². The predicted molar refractivity (Wildman–Crippen MR) is 80.3 cm³/mol. The fourth-order valence-electron chi connectivity index (χ4n) is 1.66. The van der Waals surface area contributed by atoms with Crippen LogP contribution >= 0.6 is 12.6 Å². The predicted octanol–water partition coefficient (Wildman–Crippen LogP) is 3.14. The van der Waals surface area contributed by atoms with E-state index in [1.165, 1.54) is 0 Å². The van der Waals surface area contributed by atoms with Crippen molar-refractivity contribution < 1.29 is 14.3 Å². The van der Waals surface area contributed by atoms with E-state index in [4.69, 9.17) is 9.47 Å². The van der Waals surface area contributed by atoms with Gasteiger partial charge in [0.15, 0.2) is 0 Å². The van der Waals surface area contributed by atoms with E-state index in [1.807, 2.05) is 54.6 Å². The third kappa shape index (κ3) is 4.97. The van der Waals surface area contributed by atoms with E-state index in [-0.39, 0.29) is 19.0 Å². The summed E-state index contributed by atoms with van der Waals surface area (Å²) in [6.07, 6.45) is 0.263. The van der Waals surface area contributed by atoms with E-state index in [2.05, 4.69) is 12.6 Å². The zero-order chi connectivity index (χ0) is 14.2. The van der Waals surface area contributed by atoms with Gasteiger partial charge in [0.25, 0.3) is 0 Å². The summed E-state index contributed by atoms with van der Waals surface area (Å²) in [6, 6.07) is 16.9. The van der Waals surface area contributed by atoms with Gasteiger partial charge in [0.05, 0.1) is 6.42 Å². The molecule has 0 atom stereocenters. The zero-order valence-electron chi connectivity index (χ0n) is 11.0. The average molecular weight is 288 g/mol. The number of benzene rings is 2. The summed E-state index contributed by atoms with van der Waals surface area (Å²) < 4.78 is 10.5. The van der Waals surface area contributed by atoms with Gasteiger partial charge in [0.2, 0.25) is 0 Å². The molecule has 20 heavy (non-hydrogen) atoms. The fourth-order valence-corrected chi connectivity index (χ4v) is 1.81. The van der Waals surface area contributed by atoms with Gasteiger partial charge in [-0.1, -0.05) is 30.3 Å². The Kier molecular flexibility index (Phi) is 5.50. The Hall–Kier alpha value is -1.94. The number of hydrogen-bond acceptors (Lipinski definition) is 4. The van der Waals surface area contributed by atoms with E-state index in [1.54, 1.807) is 0 Å². The van der Waals surface area contributed by atoms with Gasteiger partial charge < -0.3 is 9.47 Å². The molecule has 0 saturated heterocycles. The van der Waals surface area contributed by atoms with Crippen molar-refractivity contribution in [2.24, 2.45) is 0 Å². The Morgan fingerprint density at radius 3 is 2.35 bits per heavy atom. The lowest BCUT2D eigenvalue weighted by Crippen LogP contribution is -2.13. The number of carbonyl (C=O) groups excluding carboxylic acids is 1.